The minimum Gasteiger partial charge on any atom is -0.271 e. The first-order valence-electron chi connectivity index (χ1n) is 4.99. The maximum Gasteiger partial charge on any atom is 0.0556 e. The van der Waals surface area contributed by atoms with Gasteiger partial charge >= 0.3 is 0 Å². The van der Waals surface area contributed by atoms with Crippen LogP contribution >= 0.6 is 27.3 Å². The molecule has 1 aromatic rings. The highest BCUT2D eigenvalue weighted by Gasteiger charge is 2.23. The van der Waals surface area contributed by atoms with Gasteiger partial charge in [0.05, 0.1) is 6.04 Å². The van der Waals surface area contributed by atoms with Crippen molar-refractivity contribution in [2.24, 2.45) is 11.8 Å². The number of nitrogens with two attached hydrogens (primary N) is 1. The number of hydrazine groups is 1. The summed E-state index contributed by atoms with van der Waals surface area (Å²) < 4.78 is 1.16. The van der Waals surface area contributed by atoms with Crippen LogP contribution < -0.4 is 11.3 Å². The first-order valence-corrected chi connectivity index (χ1v) is 6.67. The van der Waals surface area contributed by atoms with Gasteiger partial charge in [0.15, 0.2) is 0 Å². The van der Waals surface area contributed by atoms with E-state index in [0.29, 0.717) is 6.04 Å². The van der Waals surface area contributed by atoms with Crippen LogP contribution in [0.2, 0.25) is 0 Å². The molecule has 3 N–H and O–H groups in total. The summed E-state index contributed by atoms with van der Waals surface area (Å²) in [6.45, 7) is 0. The minimum atomic E-state index is 0.344. The van der Waals surface area contributed by atoms with Crippen LogP contribution in [0.1, 0.15) is 36.6 Å². The fraction of sp³-hybridized carbons (Fsp3) is 0.600. The van der Waals surface area contributed by atoms with E-state index in [4.69, 9.17) is 5.84 Å². The van der Waals surface area contributed by atoms with Crippen molar-refractivity contribution in [2.45, 2.75) is 31.7 Å². The quantitative estimate of drug-likeness (QED) is 0.654. The second-order valence-electron chi connectivity index (χ2n) is 3.92. The minimum absolute atomic E-state index is 0.344. The van der Waals surface area contributed by atoms with E-state index in [0.717, 1.165) is 10.4 Å². The largest absolute Gasteiger partial charge is 0.271 e. The van der Waals surface area contributed by atoms with Crippen LogP contribution in [0.4, 0.5) is 0 Å². The summed E-state index contributed by atoms with van der Waals surface area (Å²) in [6.07, 6.45) is 5.34. The van der Waals surface area contributed by atoms with Crippen molar-refractivity contribution in [3.8, 4) is 0 Å². The van der Waals surface area contributed by atoms with E-state index < -0.39 is 0 Å². The smallest absolute Gasteiger partial charge is 0.0556 e. The summed E-state index contributed by atoms with van der Waals surface area (Å²) >= 11 is 5.24. The van der Waals surface area contributed by atoms with Gasteiger partial charge in [-0.3, -0.25) is 11.3 Å². The topological polar surface area (TPSA) is 38.0 Å². The molecule has 2 rings (SSSR count). The summed E-state index contributed by atoms with van der Waals surface area (Å²) in [5.41, 5.74) is 2.92. The highest BCUT2D eigenvalue weighted by molar-refractivity contribution is 9.10. The molecule has 1 unspecified atom stereocenters. The van der Waals surface area contributed by atoms with Crippen molar-refractivity contribution in [2.75, 3.05) is 0 Å². The lowest BCUT2D eigenvalue weighted by molar-refractivity contribution is 0.263. The van der Waals surface area contributed by atoms with Gasteiger partial charge in [0.1, 0.15) is 0 Å². The summed E-state index contributed by atoms with van der Waals surface area (Å²) in [4.78, 5) is 1.34. The molecule has 0 amide bonds. The van der Waals surface area contributed by atoms with E-state index in [1.54, 1.807) is 11.3 Å². The van der Waals surface area contributed by atoms with Crippen LogP contribution in [0.3, 0.4) is 0 Å². The molecule has 14 heavy (non-hydrogen) atoms. The Balaban J connectivity index is 1.97. The van der Waals surface area contributed by atoms with E-state index >= 15 is 0 Å². The van der Waals surface area contributed by atoms with E-state index in [9.17, 15) is 0 Å². The monoisotopic (exact) mass is 274 g/mol. The highest BCUT2D eigenvalue weighted by atomic mass is 79.9. The third-order valence-electron chi connectivity index (χ3n) is 2.93. The molecular weight excluding hydrogens is 260 g/mol. The van der Waals surface area contributed by atoms with E-state index in [-0.39, 0.29) is 0 Å². The maximum absolute atomic E-state index is 5.58. The van der Waals surface area contributed by atoms with Gasteiger partial charge in [-0.15, -0.1) is 11.3 Å². The Morgan fingerprint density at radius 1 is 1.64 bits per heavy atom. The van der Waals surface area contributed by atoms with Crippen molar-refractivity contribution in [1.82, 2.24) is 5.43 Å². The lowest BCUT2D eigenvalue weighted by atomic mass is 9.81. The van der Waals surface area contributed by atoms with Crippen LogP contribution in [0.5, 0.6) is 0 Å². The van der Waals surface area contributed by atoms with Gasteiger partial charge in [-0.05, 0) is 34.3 Å². The molecule has 0 radical (unpaired) electrons. The predicted octanol–water partition coefficient (Wildman–Crippen LogP) is 3.21. The molecule has 1 fully saturated rings. The number of halogens is 1. The second-order valence-corrected chi connectivity index (χ2v) is 5.78. The SMILES string of the molecule is NNC(CC1CCC1)c1cc(Br)cs1. The molecule has 4 heteroatoms. The van der Waals surface area contributed by atoms with Crippen LogP contribution in [0, 0.1) is 5.92 Å². The van der Waals surface area contributed by atoms with Gasteiger partial charge in [-0.1, -0.05) is 19.3 Å². The number of nitrogens with one attached hydrogen (secondary N) is 1. The zero-order chi connectivity index (χ0) is 9.97. The molecule has 2 nitrogen and oxygen atoms in total. The van der Waals surface area contributed by atoms with Crippen LogP contribution in [-0.2, 0) is 0 Å². The fourth-order valence-electron chi connectivity index (χ4n) is 1.84. The van der Waals surface area contributed by atoms with Crippen molar-refractivity contribution in [3.63, 3.8) is 0 Å². The van der Waals surface area contributed by atoms with Crippen molar-refractivity contribution >= 4 is 27.3 Å². The normalized spacial score (nSPS) is 19.3. The van der Waals surface area contributed by atoms with E-state index in [1.165, 1.54) is 30.6 Å². The summed E-state index contributed by atoms with van der Waals surface area (Å²) in [6, 6.07) is 2.50. The van der Waals surface area contributed by atoms with Crippen molar-refractivity contribution in [3.05, 3.63) is 20.8 Å². The lowest BCUT2D eigenvalue weighted by Gasteiger charge is -2.28. The molecule has 78 valence electrons. The van der Waals surface area contributed by atoms with E-state index in [1.807, 2.05) is 0 Å². The number of hydrogen-bond acceptors (Lipinski definition) is 3. The van der Waals surface area contributed by atoms with Gasteiger partial charge in [-0.2, -0.15) is 0 Å². The van der Waals surface area contributed by atoms with Crippen LogP contribution in [0.25, 0.3) is 0 Å². The van der Waals surface area contributed by atoms with Gasteiger partial charge < -0.3 is 0 Å². The van der Waals surface area contributed by atoms with Gasteiger partial charge in [0, 0.05) is 14.7 Å². The molecule has 1 heterocycles. The molecule has 1 aromatic heterocycles. The molecule has 0 aromatic carbocycles. The molecule has 1 aliphatic carbocycles. The molecule has 1 atom stereocenters. The molecule has 1 saturated carbocycles. The Hall–Kier alpha value is 0.1000. The molecule has 0 saturated heterocycles. The molecule has 0 spiro atoms. The first kappa shape index (κ1) is 10.6. The van der Waals surface area contributed by atoms with Crippen molar-refractivity contribution < 1.29 is 0 Å². The second kappa shape index (κ2) is 4.75. The maximum atomic E-state index is 5.58. The Bertz CT molecular complexity index is 296. The van der Waals surface area contributed by atoms with Crippen LogP contribution in [0.15, 0.2) is 15.9 Å². The predicted molar refractivity (Wildman–Crippen MR) is 64.0 cm³/mol. The summed E-state index contributed by atoms with van der Waals surface area (Å²) in [7, 11) is 0. The molecule has 0 bridgehead atoms. The fourth-order valence-corrected chi connectivity index (χ4v) is 3.36. The highest BCUT2D eigenvalue weighted by Crippen LogP contribution is 2.36. The van der Waals surface area contributed by atoms with E-state index in [2.05, 4.69) is 32.8 Å². The van der Waals surface area contributed by atoms with Crippen LogP contribution in [-0.4, -0.2) is 0 Å². The summed E-state index contributed by atoms with van der Waals surface area (Å²) in [5.74, 6) is 6.47. The Morgan fingerprint density at radius 3 is 2.86 bits per heavy atom. The number of rotatable bonds is 4. The average molecular weight is 275 g/mol. The van der Waals surface area contributed by atoms with Gasteiger partial charge in [-0.25, -0.2) is 0 Å². The third kappa shape index (κ3) is 2.37. The number of hydrogen-bond donors (Lipinski definition) is 2. The molecule has 1 aliphatic rings. The van der Waals surface area contributed by atoms with Gasteiger partial charge in [0.2, 0.25) is 0 Å². The molecule has 0 aliphatic heterocycles. The Morgan fingerprint density at radius 2 is 2.43 bits per heavy atom. The Kier molecular flexibility index (Phi) is 3.60. The number of thiophene rings is 1. The first-order chi connectivity index (χ1) is 6.79. The Labute approximate surface area is 97.0 Å². The standard InChI is InChI=1S/C10H15BrN2S/c11-8-5-10(14-6-8)9(13-12)4-7-2-1-3-7/h5-7,9,13H,1-4,12H2. The van der Waals surface area contributed by atoms with Crippen molar-refractivity contribution in [1.29, 1.82) is 0 Å². The lowest BCUT2D eigenvalue weighted by Crippen LogP contribution is -2.30. The summed E-state index contributed by atoms with van der Waals surface area (Å²) in [5, 5.41) is 2.11. The zero-order valence-electron chi connectivity index (χ0n) is 8.00. The third-order valence-corrected chi connectivity index (χ3v) is 4.73. The molecular formula is C10H15BrN2S. The van der Waals surface area contributed by atoms with Gasteiger partial charge in [0.25, 0.3) is 0 Å². The average Bonchev–Trinajstić information content (AvgIpc) is 2.50. The zero-order valence-corrected chi connectivity index (χ0v) is 10.4.